The van der Waals surface area contributed by atoms with E-state index < -0.39 is 0 Å². The van der Waals surface area contributed by atoms with E-state index in [9.17, 15) is 4.79 Å². The molecule has 1 N–H and O–H groups in total. The Morgan fingerprint density at radius 1 is 1.00 bits per heavy atom. The van der Waals surface area contributed by atoms with Gasteiger partial charge >= 0.3 is 0 Å². The Morgan fingerprint density at radius 3 is 2.58 bits per heavy atom. The number of benzene rings is 2. The summed E-state index contributed by atoms with van der Waals surface area (Å²) in [6.07, 6.45) is 3.27. The smallest absolute Gasteiger partial charge is 0.244 e. The van der Waals surface area contributed by atoms with Crippen molar-refractivity contribution in [3.8, 4) is 16.3 Å². The van der Waals surface area contributed by atoms with Gasteiger partial charge in [0.2, 0.25) is 5.91 Å². The van der Waals surface area contributed by atoms with Crippen LogP contribution in [0.4, 0.5) is 0 Å². The SMILES string of the molecule is Cc1nc(COc2ccccc2/C=C/C(=O)NCc2csc(-c3ccccc3)n2)cs1. The summed E-state index contributed by atoms with van der Waals surface area (Å²) in [7, 11) is 0. The van der Waals surface area contributed by atoms with Crippen molar-refractivity contribution in [3.63, 3.8) is 0 Å². The lowest BCUT2D eigenvalue weighted by molar-refractivity contribution is -0.116. The number of nitrogens with zero attached hydrogens (tertiary/aromatic N) is 2. The molecule has 5 nitrogen and oxygen atoms in total. The van der Waals surface area contributed by atoms with Crippen LogP contribution < -0.4 is 10.1 Å². The van der Waals surface area contributed by atoms with Crippen LogP contribution >= 0.6 is 22.7 Å². The molecule has 0 aliphatic heterocycles. The van der Waals surface area contributed by atoms with Crippen molar-refractivity contribution in [2.75, 3.05) is 0 Å². The number of hydrogen-bond acceptors (Lipinski definition) is 6. The number of aryl methyl sites for hydroxylation is 1. The molecule has 31 heavy (non-hydrogen) atoms. The summed E-state index contributed by atoms with van der Waals surface area (Å²) < 4.78 is 5.90. The molecular weight excluding hydrogens is 426 g/mol. The molecule has 2 aromatic heterocycles. The van der Waals surface area contributed by atoms with Crippen LogP contribution in [-0.2, 0) is 17.9 Å². The molecule has 0 bridgehead atoms. The first-order valence-electron chi connectivity index (χ1n) is 9.76. The predicted molar refractivity (Wildman–Crippen MR) is 126 cm³/mol. The number of carbonyl (C=O) groups is 1. The summed E-state index contributed by atoms with van der Waals surface area (Å²) >= 11 is 3.17. The van der Waals surface area contributed by atoms with Gasteiger partial charge in [0.15, 0.2) is 0 Å². The molecule has 2 aromatic carbocycles. The first-order chi connectivity index (χ1) is 15.2. The van der Waals surface area contributed by atoms with Crippen LogP contribution in [0.3, 0.4) is 0 Å². The molecule has 0 atom stereocenters. The molecule has 0 aliphatic rings. The van der Waals surface area contributed by atoms with Gasteiger partial charge in [-0.25, -0.2) is 9.97 Å². The Morgan fingerprint density at radius 2 is 1.77 bits per heavy atom. The lowest BCUT2D eigenvalue weighted by Gasteiger charge is -2.07. The van der Waals surface area contributed by atoms with E-state index in [0.29, 0.717) is 18.9 Å². The number of nitrogens with one attached hydrogen (secondary N) is 1. The minimum Gasteiger partial charge on any atom is -0.487 e. The van der Waals surface area contributed by atoms with E-state index in [2.05, 4.69) is 15.3 Å². The van der Waals surface area contributed by atoms with Crippen LogP contribution in [0.5, 0.6) is 5.75 Å². The van der Waals surface area contributed by atoms with Crippen LogP contribution in [0, 0.1) is 6.92 Å². The zero-order valence-corrected chi connectivity index (χ0v) is 18.6. The van der Waals surface area contributed by atoms with Crippen LogP contribution in [0.2, 0.25) is 0 Å². The lowest BCUT2D eigenvalue weighted by atomic mass is 10.2. The molecule has 2 heterocycles. The maximum Gasteiger partial charge on any atom is 0.244 e. The first kappa shape index (κ1) is 21.0. The van der Waals surface area contributed by atoms with Crippen molar-refractivity contribution in [2.45, 2.75) is 20.1 Å². The zero-order chi connectivity index (χ0) is 21.5. The molecule has 0 saturated heterocycles. The summed E-state index contributed by atoms with van der Waals surface area (Å²) in [5, 5.41) is 8.80. The maximum absolute atomic E-state index is 12.3. The summed E-state index contributed by atoms with van der Waals surface area (Å²) in [6.45, 7) is 2.75. The molecule has 1 amide bonds. The fraction of sp³-hybridized carbons (Fsp3) is 0.125. The fourth-order valence-electron chi connectivity index (χ4n) is 2.88. The molecule has 0 aliphatic carbocycles. The summed E-state index contributed by atoms with van der Waals surface area (Å²) in [6, 6.07) is 17.6. The Bertz CT molecular complexity index is 1180. The number of para-hydroxylation sites is 1. The molecule has 156 valence electrons. The predicted octanol–water partition coefficient (Wildman–Crippen LogP) is 5.48. The lowest BCUT2D eigenvalue weighted by Crippen LogP contribution is -2.20. The van der Waals surface area contributed by atoms with Gasteiger partial charge in [-0.3, -0.25) is 4.79 Å². The molecule has 0 fully saturated rings. The number of amides is 1. The minimum absolute atomic E-state index is 0.181. The largest absolute Gasteiger partial charge is 0.487 e. The molecule has 0 radical (unpaired) electrons. The second kappa shape index (κ2) is 10.1. The molecule has 0 unspecified atom stereocenters. The van der Waals surface area contributed by atoms with E-state index in [0.717, 1.165) is 32.5 Å². The van der Waals surface area contributed by atoms with E-state index in [4.69, 9.17) is 4.74 Å². The highest BCUT2D eigenvalue weighted by Crippen LogP contribution is 2.23. The molecule has 0 saturated carbocycles. The number of rotatable bonds is 8. The Kier molecular flexibility index (Phi) is 6.86. The first-order valence-corrected chi connectivity index (χ1v) is 11.5. The third kappa shape index (κ3) is 5.87. The number of ether oxygens (including phenoxy) is 1. The molecule has 4 rings (SSSR count). The summed E-state index contributed by atoms with van der Waals surface area (Å²) in [5.41, 5.74) is 3.66. The number of carbonyl (C=O) groups excluding carboxylic acids is 1. The normalized spacial score (nSPS) is 11.0. The molecular formula is C24H21N3O2S2. The van der Waals surface area contributed by atoms with Gasteiger partial charge in [0.05, 0.1) is 22.9 Å². The minimum atomic E-state index is -0.181. The molecule has 4 aromatic rings. The number of thiazole rings is 2. The monoisotopic (exact) mass is 447 g/mol. The van der Waals surface area contributed by atoms with Gasteiger partial charge in [-0.1, -0.05) is 48.5 Å². The van der Waals surface area contributed by atoms with E-state index in [1.165, 1.54) is 6.08 Å². The second-order valence-electron chi connectivity index (χ2n) is 6.75. The Labute approximate surface area is 189 Å². The quantitative estimate of drug-likeness (QED) is 0.363. The van der Waals surface area contributed by atoms with Gasteiger partial charge < -0.3 is 10.1 Å². The van der Waals surface area contributed by atoms with Crippen molar-refractivity contribution in [2.24, 2.45) is 0 Å². The van der Waals surface area contributed by atoms with Gasteiger partial charge in [-0.2, -0.15) is 0 Å². The van der Waals surface area contributed by atoms with Crippen LogP contribution in [0.1, 0.15) is 22.0 Å². The average molecular weight is 448 g/mol. The second-order valence-corrected chi connectivity index (χ2v) is 8.67. The van der Waals surface area contributed by atoms with Crippen molar-refractivity contribution in [3.05, 3.63) is 93.4 Å². The van der Waals surface area contributed by atoms with E-state index >= 15 is 0 Å². The molecule has 0 spiro atoms. The van der Waals surface area contributed by atoms with Crippen molar-refractivity contribution >= 4 is 34.7 Å². The van der Waals surface area contributed by atoms with Crippen molar-refractivity contribution in [1.29, 1.82) is 0 Å². The van der Waals surface area contributed by atoms with E-state index in [1.54, 1.807) is 28.7 Å². The van der Waals surface area contributed by atoms with Crippen molar-refractivity contribution < 1.29 is 9.53 Å². The Hall–Kier alpha value is -3.29. The zero-order valence-electron chi connectivity index (χ0n) is 16.9. The number of hydrogen-bond donors (Lipinski definition) is 1. The standard InChI is InChI=1S/C24H21N3O2S2/c1-17-26-21(16-30-17)14-29-22-10-6-5-7-18(22)11-12-23(28)25-13-20-15-31-24(27-20)19-8-3-2-4-9-19/h2-12,15-16H,13-14H2,1H3,(H,25,28)/b12-11+. The van der Waals surface area contributed by atoms with Gasteiger partial charge in [0, 0.05) is 28.0 Å². The summed E-state index contributed by atoms with van der Waals surface area (Å²) in [4.78, 5) is 21.3. The van der Waals surface area contributed by atoms with Crippen LogP contribution in [-0.4, -0.2) is 15.9 Å². The highest BCUT2D eigenvalue weighted by atomic mass is 32.1. The topological polar surface area (TPSA) is 64.1 Å². The highest BCUT2D eigenvalue weighted by molar-refractivity contribution is 7.13. The van der Waals surface area contributed by atoms with Gasteiger partial charge in [0.1, 0.15) is 17.4 Å². The molecule has 7 heteroatoms. The van der Waals surface area contributed by atoms with Gasteiger partial charge in [-0.05, 0) is 19.1 Å². The van der Waals surface area contributed by atoms with Crippen molar-refractivity contribution in [1.82, 2.24) is 15.3 Å². The highest BCUT2D eigenvalue weighted by Gasteiger charge is 2.06. The fourth-order valence-corrected chi connectivity index (χ4v) is 4.30. The van der Waals surface area contributed by atoms with Crippen LogP contribution in [0.15, 0.2) is 71.4 Å². The maximum atomic E-state index is 12.3. The van der Waals surface area contributed by atoms with Gasteiger partial charge in [-0.15, -0.1) is 22.7 Å². The van der Waals surface area contributed by atoms with Gasteiger partial charge in [0.25, 0.3) is 0 Å². The number of aromatic nitrogens is 2. The third-order valence-corrected chi connectivity index (χ3v) is 6.15. The van der Waals surface area contributed by atoms with E-state index in [-0.39, 0.29) is 5.91 Å². The Balaban J connectivity index is 1.33. The third-order valence-electron chi connectivity index (χ3n) is 4.39. The summed E-state index contributed by atoms with van der Waals surface area (Å²) in [5.74, 6) is 0.531. The van der Waals surface area contributed by atoms with E-state index in [1.807, 2.05) is 72.3 Å². The average Bonchev–Trinajstić information content (AvgIpc) is 3.45. The van der Waals surface area contributed by atoms with Crippen LogP contribution in [0.25, 0.3) is 16.6 Å².